The largest absolute Gasteiger partial charge is 0.450 e. The van der Waals surface area contributed by atoms with Crippen LogP contribution in [-0.4, -0.2) is 54.6 Å². The lowest BCUT2D eigenvalue weighted by Gasteiger charge is -2.34. The van der Waals surface area contributed by atoms with Crippen molar-refractivity contribution in [1.82, 2.24) is 9.80 Å². The zero-order valence-corrected chi connectivity index (χ0v) is 12.3. The predicted octanol–water partition coefficient (Wildman–Crippen LogP) is 2.05. The average molecular weight is 294 g/mol. The lowest BCUT2D eigenvalue weighted by atomic mass is 10.1. The van der Waals surface area contributed by atoms with Gasteiger partial charge < -0.3 is 14.5 Å². The minimum absolute atomic E-state index is 0.0829. The standard InChI is InChI=1S/C15H19FN2O3/c1-3-21-15(20)18-9-7-17(8-10-18)14(19)12-6-4-5-11(2)13(12)16/h4-6H,3,7-10H2,1-2H3. The zero-order valence-electron chi connectivity index (χ0n) is 12.3. The second kappa shape index (κ2) is 6.56. The number of aryl methyl sites for hydroxylation is 1. The van der Waals surface area contributed by atoms with E-state index in [1.807, 2.05) is 0 Å². The Morgan fingerprint density at radius 1 is 1.19 bits per heavy atom. The van der Waals surface area contributed by atoms with E-state index < -0.39 is 5.82 Å². The van der Waals surface area contributed by atoms with Gasteiger partial charge in [0.15, 0.2) is 0 Å². The van der Waals surface area contributed by atoms with Crippen LogP contribution in [0.4, 0.5) is 9.18 Å². The highest BCUT2D eigenvalue weighted by Crippen LogP contribution is 2.15. The van der Waals surface area contributed by atoms with Gasteiger partial charge in [0.25, 0.3) is 5.91 Å². The van der Waals surface area contributed by atoms with Gasteiger partial charge in [0.2, 0.25) is 0 Å². The third-order valence-electron chi connectivity index (χ3n) is 3.52. The molecule has 0 spiro atoms. The molecule has 5 nitrogen and oxygen atoms in total. The molecule has 0 aromatic heterocycles. The van der Waals surface area contributed by atoms with Gasteiger partial charge in [0.05, 0.1) is 12.2 Å². The Morgan fingerprint density at radius 2 is 1.81 bits per heavy atom. The van der Waals surface area contributed by atoms with E-state index in [4.69, 9.17) is 4.74 Å². The molecular weight excluding hydrogens is 275 g/mol. The Balaban J connectivity index is 2.00. The van der Waals surface area contributed by atoms with Gasteiger partial charge in [-0.15, -0.1) is 0 Å². The molecule has 1 aromatic carbocycles. The molecule has 2 rings (SSSR count). The first-order chi connectivity index (χ1) is 10.0. The molecule has 0 bridgehead atoms. The maximum atomic E-state index is 14.0. The highest BCUT2D eigenvalue weighted by Gasteiger charge is 2.26. The van der Waals surface area contributed by atoms with Crippen molar-refractivity contribution in [2.24, 2.45) is 0 Å². The summed E-state index contributed by atoms with van der Waals surface area (Å²) in [5, 5.41) is 0. The number of rotatable bonds is 2. The van der Waals surface area contributed by atoms with E-state index in [0.717, 1.165) is 0 Å². The van der Waals surface area contributed by atoms with Gasteiger partial charge in [0, 0.05) is 26.2 Å². The molecule has 21 heavy (non-hydrogen) atoms. The van der Waals surface area contributed by atoms with E-state index in [-0.39, 0.29) is 17.6 Å². The first-order valence-corrected chi connectivity index (χ1v) is 7.00. The van der Waals surface area contributed by atoms with Crippen molar-refractivity contribution in [3.63, 3.8) is 0 Å². The van der Waals surface area contributed by atoms with Gasteiger partial charge >= 0.3 is 6.09 Å². The summed E-state index contributed by atoms with van der Waals surface area (Å²) in [5.74, 6) is -0.810. The van der Waals surface area contributed by atoms with Crippen molar-refractivity contribution < 1.29 is 18.7 Å². The third kappa shape index (κ3) is 3.32. The second-order valence-corrected chi connectivity index (χ2v) is 4.91. The Kier molecular flexibility index (Phi) is 4.77. The molecule has 0 unspecified atom stereocenters. The van der Waals surface area contributed by atoms with E-state index >= 15 is 0 Å². The second-order valence-electron chi connectivity index (χ2n) is 4.91. The Morgan fingerprint density at radius 3 is 2.43 bits per heavy atom. The monoisotopic (exact) mass is 294 g/mol. The molecule has 1 saturated heterocycles. The molecule has 0 aliphatic carbocycles. The van der Waals surface area contributed by atoms with Crippen molar-refractivity contribution in [3.8, 4) is 0 Å². The van der Waals surface area contributed by atoms with Crippen molar-refractivity contribution in [1.29, 1.82) is 0 Å². The molecule has 1 aliphatic rings. The summed E-state index contributed by atoms with van der Waals surface area (Å²) in [6.45, 7) is 5.27. The van der Waals surface area contributed by atoms with Gasteiger partial charge in [-0.05, 0) is 25.5 Å². The molecule has 1 aromatic rings. The van der Waals surface area contributed by atoms with Crippen LogP contribution in [0.2, 0.25) is 0 Å². The molecule has 0 N–H and O–H groups in total. The molecule has 1 heterocycles. The normalized spacial score (nSPS) is 15.0. The number of ether oxygens (including phenoxy) is 1. The van der Waals surface area contributed by atoms with Crippen LogP contribution in [0.3, 0.4) is 0 Å². The van der Waals surface area contributed by atoms with Gasteiger partial charge in [-0.25, -0.2) is 9.18 Å². The number of halogens is 1. The van der Waals surface area contributed by atoms with E-state index in [9.17, 15) is 14.0 Å². The van der Waals surface area contributed by atoms with Gasteiger partial charge in [-0.2, -0.15) is 0 Å². The number of nitrogens with zero attached hydrogens (tertiary/aromatic N) is 2. The molecule has 114 valence electrons. The lowest BCUT2D eigenvalue weighted by Crippen LogP contribution is -2.50. The number of carbonyl (C=O) groups excluding carboxylic acids is 2. The van der Waals surface area contributed by atoms with Crippen molar-refractivity contribution in [3.05, 3.63) is 35.1 Å². The Bertz CT molecular complexity index is 540. The number of hydrogen-bond acceptors (Lipinski definition) is 3. The fraction of sp³-hybridized carbons (Fsp3) is 0.467. The molecule has 0 atom stereocenters. The van der Waals surface area contributed by atoms with Crippen LogP contribution in [0.15, 0.2) is 18.2 Å². The van der Waals surface area contributed by atoms with Crippen molar-refractivity contribution in [2.45, 2.75) is 13.8 Å². The topological polar surface area (TPSA) is 49.9 Å². The van der Waals surface area contributed by atoms with Crippen molar-refractivity contribution in [2.75, 3.05) is 32.8 Å². The molecule has 1 aliphatic heterocycles. The minimum atomic E-state index is -0.477. The summed E-state index contributed by atoms with van der Waals surface area (Å²) >= 11 is 0. The molecule has 0 radical (unpaired) electrons. The number of benzene rings is 1. The lowest BCUT2D eigenvalue weighted by molar-refractivity contribution is 0.0566. The highest BCUT2D eigenvalue weighted by atomic mass is 19.1. The minimum Gasteiger partial charge on any atom is -0.450 e. The smallest absolute Gasteiger partial charge is 0.409 e. The van der Waals surface area contributed by atoms with Crippen molar-refractivity contribution >= 4 is 12.0 Å². The molecule has 2 amide bonds. The number of carbonyl (C=O) groups is 2. The van der Waals surface area contributed by atoms with E-state index in [0.29, 0.717) is 38.3 Å². The highest BCUT2D eigenvalue weighted by molar-refractivity contribution is 5.94. The summed E-state index contributed by atoms with van der Waals surface area (Å²) in [6.07, 6.45) is -0.369. The van der Waals surface area contributed by atoms with Crippen LogP contribution >= 0.6 is 0 Å². The summed E-state index contributed by atoms with van der Waals surface area (Å²) in [5.41, 5.74) is 0.533. The number of amides is 2. The van der Waals surface area contributed by atoms with E-state index in [1.165, 1.54) is 6.07 Å². The fourth-order valence-electron chi connectivity index (χ4n) is 2.29. The van der Waals surface area contributed by atoms with Crippen LogP contribution in [-0.2, 0) is 4.74 Å². The van der Waals surface area contributed by atoms with Crippen LogP contribution in [0.1, 0.15) is 22.8 Å². The van der Waals surface area contributed by atoms with Gasteiger partial charge in [-0.1, -0.05) is 12.1 Å². The summed E-state index contributed by atoms with van der Waals surface area (Å²) < 4.78 is 18.9. The quantitative estimate of drug-likeness (QED) is 0.839. The van der Waals surface area contributed by atoms with Crippen LogP contribution in [0, 0.1) is 12.7 Å². The molecular formula is C15H19FN2O3. The Hall–Kier alpha value is -2.11. The van der Waals surface area contributed by atoms with Gasteiger partial charge in [-0.3, -0.25) is 4.79 Å². The SMILES string of the molecule is CCOC(=O)N1CCN(C(=O)c2cccc(C)c2F)CC1. The predicted molar refractivity (Wildman–Crippen MR) is 75.6 cm³/mol. The third-order valence-corrected chi connectivity index (χ3v) is 3.52. The van der Waals surface area contributed by atoms with Crippen LogP contribution in [0.25, 0.3) is 0 Å². The first kappa shape index (κ1) is 15.3. The number of hydrogen-bond donors (Lipinski definition) is 0. The fourth-order valence-corrected chi connectivity index (χ4v) is 2.29. The molecule has 1 fully saturated rings. The van der Waals surface area contributed by atoms with Gasteiger partial charge in [0.1, 0.15) is 5.82 Å². The maximum absolute atomic E-state index is 14.0. The van der Waals surface area contributed by atoms with E-state index in [1.54, 1.807) is 35.8 Å². The molecule has 6 heteroatoms. The first-order valence-electron chi connectivity index (χ1n) is 7.00. The number of piperazine rings is 1. The Labute approximate surface area is 123 Å². The maximum Gasteiger partial charge on any atom is 0.409 e. The average Bonchev–Trinajstić information content (AvgIpc) is 2.50. The summed E-state index contributed by atoms with van der Waals surface area (Å²) in [7, 11) is 0. The zero-order chi connectivity index (χ0) is 15.4. The summed E-state index contributed by atoms with van der Waals surface area (Å²) in [4.78, 5) is 27.0. The van der Waals surface area contributed by atoms with Crippen LogP contribution < -0.4 is 0 Å². The van der Waals surface area contributed by atoms with Crippen LogP contribution in [0.5, 0.6) is 0 Å². The summed E-state index contributed by atoms with van der Waals surface area (Å²) in [6, 6.07) is 4.79. The molecule has 0 saturated carbocycles. The van der Waals surface area contributed by atoms with E-state index in [2.05, 4.69) is 0 Å².